The minimum absolute atomic E-state index is 0.197. The van der Waals surface area contributed by atoms with Gasteiger partial charge in [0.2, 0.25) is 0 Å². The predicted octanol–water partition coefficient (Wildman–Crippen LogP) is 2.89. The molecule has 1 amide bonds. The highest BCUT2D eigenvalue weighted by Crippen LogP contribution is 2.26. The lowest BCUT2D eigenvalue weighted by Gasteiger charge is -2.11. The minimum atomic E-state index is -0.623. The molecule has 106 valence electrons. The van der Waals surface area contributed by atoms with Crippen molar-refractivity contribution in [3.63, 3.8) is 0 Å². The normalized spacial score (nSPS) is 11.7. The van der Waals surface area contributed by atoms with Gasteiger partial charge in [0.1, 0.15) is 5.75 Å². The van der Waals surface area contributed by atoms with Gasteiger partial charge in [-0.25, -0.2) is 0 Å². The summed E-state index contributed by atoms with van der Waals surface area (Å²) in [4.78, 5) is 23.9. The Morgan fingerprint density at radius 3 is 2.45 bits per heavy atom. The third-order valence-corrected chi connectivity index (χ3v) is 2.84. The molecule has 0 radical (unpaired) electrons. The van der Waals surface area contributed by atoms with E-state index in [0.717, 1.165) is 6.42 Å². The molecule has 0 heterocycles. The lowest BCUT2D eigenvalue weighted by molar-refractivity contribution is 0.0997. The van der Waals surface area contributed by atoms with Crippen molar-refractivity contribution in [2.24, 2.45) is 5.73 Å². The highest BCUT2D eigenvalue weighted by atomic mass is 16.5. The first-order valence-corrected chi connectivity index (χ1v) is 6.41. The number of allylic oxidation sites excluding steroid dienone is 4. The van der Waals surface area contributed by atoms with Crippen LogP contribution >= 0.6 is 0 Å². The Morgan fingerprint density at radius 1 is 1.30 bits per heavy atom. The zero-order chi connectivity index (χ0) is 15.1. The van der Waals surface area contributed by atoms with Crippen LogP contribution in [0.1, 0.15) is 41.0 Å². The summed E-state index contributed by atoms with van der Waals surface area (Å²) in [7, 11) is 1.41. The molecule has 1 aromatic rings. The average Bonchev–Trinajstić information content (AvgIpc) is 2.46. The van der Waals surface area contributed by atoms with E-state index in [4.69, 9.17) is 10.5 Å². The number of benzene rings is 1. The Kier molecular flexibility index (Phi) is 5.72. The monoisotopic (exact) mass is 273 g/mol. The molecule has 0 bridgehead atoms. The fraction of sp³-hybridized carbons (Fsp3) is 0.250. The molecule has 1 rings (SSSR count). The third kappa shape index (κ3) is 3.35. The fourth-order valence-corrected chi connectivity index (χ4v) is 1.83. The van der Waals surface area contributed by atoms with Gasteiger partial charge < -0.3 is 10.5 Å². The molecule has 0 unspecified atom stereocenters. The average molecular weight is 273 g/mol. The predicted molar refractivity (Wildman–Crippen MR) is 79.0 cm³/mol. The van der Waals surface area contributed by atoms with Gasteiger partial charge in [-0.3, -0.25) is 9.59 Å². The van der Waals surface area contributed by atoms with Gasteiger partial charge in [0.25, 0.3) is 5.91 Å². The molecular formula is C16H19NO3. The van der Waals surface area contributed by atoms with Crippen LogP contribution in [-0.2, 0) is 0 Å². The van der Waals surface area contributed by atoms with E-state index in [2.05, 4.69) is 0 Å². The molecule has 0 fully saturated rings. The second-order valence-corrected chi connectivity index (χ2v) is 4.13. The van der Waals surface area contributed by atoms with Gasteiger partial charge in [-0.2, -0.15) is 0 Å². The molecule has 0 aliphatic carbocycles. The first-order chi connectivity index (χ1) is 9.56. The van der Waals surface area contributed by atoms with Gasteiger partial charge in [0, 0.05) is 5.57 Å². The summed E-state index contributed by atoms with van der Waals surface area (Å²) in [5.74, 6) is -0.603. The molecule has 0 saturated heterocycles. The maximum atomic E-state index is 12.5. The van der Waals surface area contributed by atoms with E-state index in [0.29, 0.717) is 11.1 Å². The number of amides is 1. The molecular weight excluding hydrogens is 254 g/mol. The Labute approximate surface area is 118 Å². The number of methoxy groups -OCH3 is 1. The van der Waals surface area contributed by atoms with Crippen molar-refractivity contribution >= 4 is 11.7 Å². The largest absolute Gasteiger partial charge is 0.495 e. The van der Waals surface area contributed by atoms with Crippen LogP contribution in [0.15, 0.2) is 42.0 Å². The summed E-state index contributed by atoms with van der Waals surface area (Å²) in [6.07, 6.45) is 6.23. The van der Waals surface area contributed by atoms with E-state index >= 15 is 0 Å². The first-order valence-electron chi connectivity index (χ1n) is 6.41. The van der Waals surface area contributed by atoms with Crippen molar-refractivity contribution in [1.82, 2.24) is 0 Å². The van der Waals surface area contributed by atoms with Crippen molar-refractivity contribution in [1.29, 1.82) is 0 Å². The van der Waals surface area contributed by atoms with Gasteiger partial charge >= 0.3 is 0 Å². The van der Waals surface area contributed by atoms with Crippen molar-refractivity contribution in [3.05, 3.63) is 53.1 Å². The van der Waals surface area contributed by atoms with Crippen LogP contribution in [0, 0.1) is 0 Å². The summed E-state index contributed by atoms with van der Waals surface area (Å²) in [6.45, 7) is 3.78. The second-order valence-electron chi connectivity index (χ2n) is 4.13. The number of carbonyl (C=O) groups is 2. The number of carbonyl (C=O) groups excluding carboxylic acids is 2. The van der Waals surface area contributed by atoms with Crippen LogP contribution in [0.3, 0.4) is 0 Å². The highest BCUT2D eigenvalue weighted by Gasteiger charge is 2.19. The van der Waals surface area contributed by atoms with Crippen LogP contribution in [0.4, 0.5) is 0 Å². The molecule has 4 nitrogen and oxygen atoms in total. The highest BCUT2D eigenvalue weighted by molar-refractivity contribution is 6.14. The Morgan fingerprint density at radius 2 is 1.95 bits per heavy atom. The number of ketones is 1. The molecule has 0 aliphatic heterocycles. The van der Waals surface area contributed by atoms with E-state index in [1.807, 2.05) is 13.0 Å². The smallest absolute Gasteiger partial charge is 0.252 e. The summed E-state index contributed by atoms with van der Waals surface area (Å²) >= 11 is 0. The number of rotatable bonds is 6. The number of primary amides is 1. The summed E-state index contributed by atoms with van der Waals surface area (Å²) < 4.78 is 5.19. The zero-order valence-corrected chi connectivity index (χ0v) is 12.0. The van der Waals surface area contributed by atoms with Gasteiger partial charge in [-0.15, -0.1) is 0 Å². The standard InChI is InChI=1S/C16H19NO3/c1-4-6-8-11(5-2)14(18)12-9-7-10-13(16(17)19)15(12)20-3/h5-10H,4H2,1-3H3,(H2,17,19)/b8-6-,11-5+. The van der Waals surface area contributed by atoms with Crippen LogP contribution in [0.25, 0.3) is 0 Å². The number of nitrogens with two attached hydrogens (primary N) is 1. The van der Waals surface area contributed by atoms with Crippen molar-refractivity contribution < 1.29 is 14.3 Å². The van der Waals surface area contributed by atoms with Crippen molar-refractivity contribution in [2.45, 2.75) is 20.3 Å². The molecule has 0 aliphatic rings. The number of para-hydroxylation sites is 1. The first kappa shape index (κ1) is 15.7. The van der Waals surface area contributed by atoms with Crippen molar-refractivity contribution in [3.8, 4) is 5.75 Å². The number of Topliss-reactive ketones (excluding diaryl/α,β-unsaturated/α-hetero) is 1. The topological polar surface area (TPSA) is 69.4 Å². The van der Waals surface area contributed by atoms with E-state index in [1.54, 1.807) is 31.2 Å². The number of ether oxygens (including phenoxy) is 1. The van der Waals surface area contributed by atoms with Gasteiger partial charge in [0.05, 0.1) is 18.2 Å². The van der Waals surface area contributed by atoms with Crippen LogP contribution in [-0.4, -0.2) is 18.8 Å². The van der Waals surface area contributed by atoms with E-state index in [-0.39, 0.29) is 17.1 Å². The molecule has 1 aromatic carbocycles. The summed E-state index contributed by atoms with van der Waals surface area (Å²) in [5.41, 5.74) is 6.37. The zero-order valence-electron chi connectivity index (χ0n) is 12.0. The summed E-state index contributed by atoms with van der Waals surface area (Å²) in [5, 5.41) is 0. The molecule has 20 heavy (non-hydrogen) atoms. The molecule has 2 N–H and O–H groups in total. The van der Waals surface area contributed by atoms with Gasteiger partial charge in [-0.1, -0.05) is 31.2 Å². The van der Waals surface area contributed by atoms with E-state index in [1.165, 1.54) is 13.2 Å². The number of hydrogen-bond donors (Lipinski definition) is 1. The molecule has 4 heteroatoms. The van der Waals surface area contributed by atoms with Gasteiger partial charge in [-0.05, 0) is 25.5 Å². The fourth-order valence-electron chi connectivity index (χ4n) is 1.83. The Bertz CT molecular complexity index is 571. The molecule has 0 spiro atoms. The lowest BCUT2D eigenvalue weighted by atomic mass is 9.99. The minimum Gasteiger partial charge on any atom is -0.495 e. The Balaban J connectivity index is 3.32. The molecule has 0 aromatic heterocycles. The third-order valence-electron chi connectivity index (χ3n) is 2.84. The van der Waals surface area contributed by atoms with E-state index in [9.17, 15) is 9.59 Å². The Hall–Kier alpha value is -2.36. The van der Waals surface area contributed by atoms with Crippen LogP contribution < -0.4 is 10.5 Å². The molecule has 0 atom stereocenters. The maximum absolute atomic E-state index is 12.5. The second kappa shape index (κ2) is 7.28. The van der Waals surface area contributed by atoms with Crippen LogP contribution in [0.2, 0.25) is 0 Å². The van der Waals surface area contributed by atoms with Gasteiger partial charge in [0.15, 0.2) is 5.78 Å². The maximum Gasteiger partial charge on any atom is 0.252 e. The summed E-state index contributed by atoms with van der Waals surface area (Å²) in [6, 6.07) is 4.78. The number of hydrogen-bond acceptors (Lipinski definition) is 3. The SMILES string of the molecule is C/C=C(\C=C/CC)C(=O)c1cccc(C(N)=O)c1OC. The quantitative estimate of drug-likeness (QED) is 0.492. The van der Waals surface area contributed by atoms with Crippen molar-refractivity contribution in [2.75, 3.05) is 7.11 Å². The van der Waals surface area contributed by atoms with Crippen LogP contribution in [0.5, 0.6) is 5.75 Å². The lowest BCUT2D eigenvalue weighted by Crippen LogP contribution is -2.15. The van der Waals surface area contributed by atoms with E-state index < -0.39 is 5.91 Å². The molecule has 0 saturated carbocycles.